The average molecular weight is 495 g/mol. The second-order valence-electron chi connectivity index (χ2n) is 8.21. The number of alkyl halides is 3. The molecule has 9 nitrogen and oxygen atoms in total. The van der Waals surface area contributed by atoms with Crippen molar-refractivity contribution in [1.29, 1.82) is 0 Å². The van der Waals surface area contributed by atoms with Crippen LogP contribution in [-0.2, 0) is 19.3 Å². The van der Waals surface area contributed by atoms with Crippen LogP contribution in [0.15, 0.2) is 38.4 Å². The summed E-state index contributed by atoms with van der Waals surface area (Å²) in [6.07, 6.45) is -0.274. The molecule has 0 fully saturated rings. The van der Waals surface area contributed by atoms with E-state index in [0.29, 0.717) is 25.1 Å². The third kappa shape index (κ3) is 6.31. The van der Waals surface area contributed by atoms with Gasteiger partial charge in [-0.05, 0) is 25.0 Å². The summed E-state index contributed by atoms with van der Waals surface area (Å²) in [6, 6.07) is 4.43. The summed E-state index contributed by atoms with van der Waals surface area (Å²) < 4.78 is 45.2. The molecule has 2 aromatic heterocycles. The molecule has 0 amide bonds. The molecule has 3 rings (SSSR count). The van der Waals surface area contributed by atoms with Crippen LogP contribution in [0.2, 0.25) is 0 Å². The van der Waals surface area contributed by atoms with Gasteiger partial charge >= 0.3 is 11.9 Å². The molecule has 0 unspecified atom stereocenters. The van der Waals surface area contributed by atoms with Gasteiger partial charge in [0.05, 0.1) is 12.1 Å². The van der Waals surface area contributed by atoms with Gasteiger partial charge in [0, 0.05) is 18.7 Å². The maximum atomic E-state index is 12.8. The fourth-order valence-corrected chi connectivity index (χ4v) is 3.65. The Kier molecular flexibility index (Phi) is 8.36. The number of nitrogens with two attached hydrogens (primary N) is 1. The van der Waals surface area contributed by atoms with Gasteiger partial charge < -0.3 is 15.2 Å². The molecule has 1 aromatic carbocycles. The number of aromatic amines is 1. The number of nitrogen functional groups attached to an aromatic ring is 1. The van der Waals surface area contributed by atoms with Gasteiger partial charge in [0.2, 0.25) is 11.7 Å². The molecule has 0 aliphatic rings. The lowest BCUT2D eigenvalue weighted by molar-refractivity contribution is -0.137. The molecular weight excluding hydrogens is 465 g/mol. The normalized spacial score (nSPS) is 11.7. The third-order valence-corrected chi connectivity index (χ3v) is 5.56. The van der Waals surface area contributed by atoms with E-state index in [-0.39, 0.29) is 29.8 Å². The Morgan fingerprint density at radius 2 is 1.77 bits per heavy atom. The Morgan fingerprint density at radius 1 is 1.09 bits per heavy atom. The van der Waals surface area contributed by atoms with Crippen LogP contribution in [0.25, 0.3) is 11.4 Å². The van der Waals surface area contributed by atoms with Gasteiger partial charge in [0.1, 0.15) is 11.5 Å². The molecule has 3 aromatic rings. The maximum absolute atomic E-state index is 12.8. The fourth-order valence-electron chi connectivity index (χ4n) is 3.65. The lowest BCUT2D eigenvalue weighted by Gasteiger charge is -2.24. The van der Waals surface area contributed by atoms with Crippen LogP contribution in [0, 0.1) is 0 Å². The zero-order valence-electron chi connectivity index (χ0n) is 19.7. The molecule has 0 atom stereocenters. The van der Waals surface area contributed by atoms with Gasteiger partial charge in [-0.15, -0.1) is 0 Å². The summed E-state index contributed by atoms with van der Waals surface area (Å²) in [5.41, 5.74) is 4.82. The number of rotatable bonds is 11. The van der Waals surface area contributed by atoms with E-state index in [1.165, 1.54) is 16.7 Å². The molecule has 190 valence electrons. The predicted octanol–water partition coefficient (Wildman–Crippen LogP) is 4.18. The number of benzene rings is 1. The van der Waals surface area contributed by atoms with Gasteiger partial charge in [0.25, 0.3) is 5.56 Å². The fraction of sp³-hybridized carbons (Fsp3) is 0.478. The second kappa shape index (κ2) is 11.2. The Balaban J connectivity index is 1.91. The van der Waals surface area contributed by atoms with E-state index in [0.717, 1.165) is 37.8 Å². The molecule has 0 saturated heterocycles. The largest absolute Gasteiger partial charge is 0.416 e. The molecular formula is C23H29F3N6O3. The zero-order chi connectivity index (χ0) is 25.6. The minimum Gasteiger partial charge on any atom is -0.383 e. The average Bonchev–Trinajstić information content (AvgIpc) is 3.27. The Labute approximate surface area is 199 Å². The van der Waals surface area contributed by atoms with Crippen LogP contribution in [0.3, 0.4) is 0 Å². The van der Waals surface area contributed by atoms with Crippen LogP contribution in [0.5, 0.6) is 0 Å². The molecule has 0 spiro atoms. The topological polar surface area (TPSA) is 123 Å². The van der Waals surface area contributed by atoms with Crippen molar-refractivity contribution >= 4 is 11.5 Å². The number of unbranched alkanes of at least 4 members (excludes halogenated alkanes) is 3. The van der Waals surface area contributed by atoms with Crippen LogP contribution in [0.1, 0.15) is 57.4 Å². The van der Waals surface area contributed by atoms with E-state index < -0.39 is 23.0 Å². The quantitative estimate of drug-likeness (QED) is 0.383. The van der Waals surface area contributed by atoms with Gasteiger partial charge in [-0.2, -0.15) is 18.2 Å². The number of aromatic nitrogens is 4. The van der Waals surface area contributed by atoms with E-state index in [1.807, 2.05) is 13.8 Å². The van der Waals surface area contributed by atoms with E-state index in [2.05, 4.69) is 15.1 Å². The second-order valence-corrected chi connectivity index (χ2v) is 8.21. The van der Waals surface area contributed by atoms with Crippen molar-refractivity contribution in [3.05, 3.63) is 56.6 Å². The highest BCUT2D eigenvalue weighted by Crippen LogP contribution is 2.30. The number of halogens is 3. The first-order valence-corrected chi connectivity index (χ1v) is 11.5. The maximum Gasteiger partial charge on any atom is 0.416 e. The van der Waals surface area contributed by atoms with Crippen molar-refractivity contribution < 1.29 is 17.7 Å². The highest BCUT2D eigenvalue weighted by molar-refractivity contribution is 5.62. The first-order valence-electron chi connectivity index (χ1n) is 11.5. The zero-order valence-corrected chi connectivity index (χ0v) is 19.7. The highest BCUT2D eigenvalue weighted by atomic mass is 19.4. The molecule has 0 bridgehead atoms. The number of hydrogen-bond donors (Lipinski definition) is 2. The standard InChI is InChI=1S/C23H29F3N6O3/c1-3-5-7-12-31(18-19(27)32(13-6-4-2)22(34)29-21(18)33)14-17-28-20(30-35-17)15-8-10-16(11-9-15)23(24,25)26/h8-11H,3-7,12-14,27H2,1-2H3,(H,29,33,34). The van der Waals surface area contributed by atoms with E-state index in [9.17, 15) is 22.8 Å². The van der Waals surface area contributed by atoms with Crippen LogP contribution < -0.4 is 21.9 Å². The highest BCUT2D eigenvalue weighted by Gasteiger charge is 2.30. The number of nitrogens with zero attached hydrogens (tertiary/aromatic N) is 4. The van der Waals surface area contributed by atoms with E-state index in [4.69, 9.17) is 10.3 Å². The SMILES string of the molecule is CCCCCN(Cc1nc(-c2ccc(C(F)(F)F)cc2)no1)c1c(N)n(CCCC)c(=O)[nH]c1=O. The number of anilines is 2. The number of H-pyrrole nitrogens is 1. The molecule has 0 aliphatic carbocycles. The smallest absolute Gasteiger partial charge is 0.383 e. The van der Waals surface area contributed by atoms with Crippen molar-refractivity contribution in [3.63, 3.8) is 0 Å². The van der Waals surface area contributed by atoms with E-state index in [1.54, 1.807) is 4.90 Å². The molecule has 0 aliphatic heterocycles. The molecule has 0 saturated carbocycles. The molecule has 0 radical (unpaired) electrons. The molecule has 2 heterocycles. The lowest BCUT2D eigenvalue weighted by Crippen LogP contribution is -2.38. The van der Waals surface area contributed by atoms with Crippen molar-refractivity contribution in [2.24, 2.45) is 0 Å². The summed E-state index contributed by atoms with van der Waals surface area (Å²) in [4.78, 5) is 33.4. The lowest BCUT2D eigenvalue weighted by atomic mass is 10.1. The van der Waals surface area contributed by atoms with Crippen molar-refractivity contribution in [2.75, 3.05) is 17.2 Å². The first-order chi connectivity index (χ1) is 16.7. The Morgan fingerprint density at radius 3 is 2.40 bits per heavy atom. The summed E-state index contributed by atoms with van der Waals surface area (Å²) in [6.45, 7) is 4.88. The summed E-state index contributed by atoms with van der Waals surface area (Å²) >= 11 is 0. The van der Waals surface area contributed by atoms with Gasteiger partial charge in [-0.3, -0.25) is 14.3 Å². The summed E-state index contributed by atoms with van der Waals surface area (Å²) in [7, 11) is 0. The van der Waals surface area contributed by atoms with Crippen molar-refractivity contribution in [1.82, 2.24) is 19.7 Å². The Bertz CT molecular complexity index is 1230. The number of nitrogens with one attached hydrogen (secondary N) is 1. The van der Waals surface area contributed by atoms with E-state index >= 15 is 0 Å². The van der Waals surface area contributed by atoms with Crippen LogP contribution in [0.4, 0.5) is 24.7 Å². The van der Waals surface area contributed by atoms with Gasteiger partial charge in [-0.1, -0.05) is 50.4 Å². The summed E-state index contributed by atoms with van der Waals surface area (Å²) in [5, 5.41) is 3.87. The van der Waals surface area contributed by atoms with Crippen molar-refractivity contribution in [2.45, 2.75) is 65.2 Å². The van der Waals surface area contributed by atoms with Crippen LogP contribution >= 0.6 is 0 Å². The third-order valence-electron chi connectivity index (χ3n) is 5.56. The molecule has 35 heavy (non-hydrogen) atoms. The van der Waals surface area contributed by atoms with Crippen molar-refractivity contribution in [3.8, 4) is 11.4 Å². The predicted molar refractivity (Wildman–Crippen MR) is 126 cm³/mol. The van der Waals surface area contributed by atoms with Crippen LogP contribution in [-0.4, -0.2) is 26.2 Å². The monoisotopic (exact) mass is 494 g/mol. The van der Waals surface area contributed by atoms with Gasteiger partial charge in [0.15, 0.2) is 0 Å². The molecule has 3 N–H and O–H groups in total. The minimum atomic E-state index is -4.44. The Hall–Kier alpha value is -3.57. The minimum absolute atomic E-state index is 0.0383. The number of hydrogen-bond acceptors (Lipinski definition) is 7. The first kappa shape index (κ1) is 26.0. The van der Waals surface area contributed by atoms with Gasteiger partial charge in [-0.25, -0.2) is 4.79 Å². The molecule has 12 heteroatoms. The summed E-state index contributed by atoms with van der Waals surface area (Å²) in [5.74, 6) is 0.338.